The lowest BCUT2D eigenvalue weighted by molar-refractivity contribution is 0.0635. The maximum absolute atomic E-state index is 13.7. The predicted octanol–water partition coefficient (Wildman–Crippen LogP) is 3.30. The molecule has 6 heteroatoms. The Hall–Kier alpha value is -2.11. The predicted molar refractivity (Wildman–Crippen MR) is 72.9 cm³/mol. The summed E-state index contributed by atoms with van der Waals surface area (Å²) in [5.41, 5.74) is -0.425. The van der Waals surface area contributed by atoms with Gasteiger partial charge in [0, 0.05) is 6.07 Å². The van der Waals surface area contributed by atoms with Crippen LogP contribution in [0.1, 0.15) is 36.7 Å². The van der Waals surface area contributed by atoms with Gasteiger partial charge < -0.3 is 9.47 Å². The highest BCUT2D eigenvalue weighted by Crippen LogP contribution is 2.32. The van der Waals surface area contributed by atoms with E-state index in [4.69, 9.17) is 9.47 Å². The van der Waals surface area contributed by atoms with Crippen molar-refractivity contribution in [2.75, 3.05) is 12.4 Å². The van der Waals surface area contributed by atoms with Gasteiger partial charge >= 0.3 is 6.09 Å². The molecule has 1 aromatic rings. The van der Waals surface area contributed by atoms with Crippen LogP contribution in [0, 0.1) is 12.7 Å². The molecule has 1 rings (SSSR count). The zero-order chi connectivity index (χ0) is 15.5. The largest absolute Gasteiger partial charge is 0.494 e. The minimum absolute atomic E-state index is 0.0481. The second kappa shape index (κ2) is 5.90. The van der Waals surface area contributed by atoms with Gasteiger partial charge in [0.15, 0.2) is 12.0 Å². The number of ether oxygens (including phenoxy) is 2. The van der Waals surface area contributed by atoms with Crippen molar-refractivity contribution in [1.82, 2.24) is 0 Å². The molecule has 0 aromatic heterocycles. The van der Waals surface area contributed by atoms with Crippen LogP contribution >= 0.6 is 0 Å². The Kier molecular flexibility index (Phi) is 4.70. The van der Waals surface area contributed by atoms with E-state index in [2.05, 4.69) is 5.32 Å². The summed E-state index contributed by atoms with van der Waals surface area (Å²) in [4.78, 5) is 22.7. The van der Waals surface area contributed by atoms with Crippen LogP contribution < -0.4 is 10.1 Å². The number of methoxy groups -OCH3 is 1. The zero-order valence-electron chi connectivity index (χ0n) is 12.2. The molecule has 1 aromatic carbocycles. The summed E-state index contributed by atoms with van der Waals surface area (Å²) < 4.78 is 23.9. The molecule has 0 aliphatic carbocycles. The maximum atomic E-state index is 13.7. The molecule has 1 amide bonds. The Balaban J connectivity index is 3.15. The Morgan fingerprint density at radius 2 is 2.00 bits per heavy atom. The monoisotopic (exact) mass is 283 g/mol. The number of halogens is 1. The van der Waals surface area contributed by atoms with Crippen molar-refractivity contribution >= 4 is 18.1 Å². The van der Waals surface area contributed by atoms with E-state index < -0.39 is 17.5 Å². The third-order valence-electron chi connectivity index (χ3n) is 2.48. The molecule has 0 aliphatic rings. The lowest BCUT2D eigenvalue weighted by atomic mass is 10.1. The van der Waals surface area contributed by atoms with E-state index in [0.29, 0.717) is 6.29 Å². The molecule has 0 saturated heterocycles. The molecule has 0 bridgehead atoms. The fourth-order valence-electron chi connectivity index (χ4n) is 1.61. The third kappa shape index (κ3) is 3.69. The summed E-state index contributed by atoms with van der Waals surface area (Å²) in [5, 5.41) is 2.38. The van der Waals surface area contributed by atoms with Crippen molar-refractivity contribution in [3.8, 4) is 5.75 Å². The first-order valence-electron chi connectivity index (χ1n) is 6.02. The van der Waals surface area contributed by atoms with Crippen molar-refractivity contribution < 1.29 is 23.5 Å². The number of hydrogen-bond acceptors (Lipinski definition) is 4. The van der Waals surface area contributed by atoms with Gasteiger partial charge in [-0.15, -0.1) is 0 Å². The topological polar surface area (TPSA) is 64.6 Å². The van der Waals surface area contributed by atoms with Crippen molar-refractivity contribution in [2.24, 2.45) is 0 Å². The van der Waals surface area contributed by atoms with Gasteiger partial charge in [-0.2, -0.15) is 0 Å². The fraction of sp³-hybridized carbons (Fsp3) is 0.429. The smallest absolute Gasteiger partial charge is 0.412 e. The standard InChI is InChI=1S/C14H18FNO4/c1-8-9(7-17)12(19-5)11(6-10(8)15)16-13(18)20-14(2,3)4/h6-7H,1-5H3,(H,16,18). The fourth-order valence-corrected chi connectivity index (χ4v) is 1.61. The van der Waals surface area contributed by atoms with Gasteiger partial charge in [-0.3, -0.25) is 10.1 Å². The van der Waals surface area contributed by atoms with Gasteiger partial charge in [0.25, 0.3) is 0 Å². The van der Waals surface area contributed by atoms with Crippen LogP contribution in [-0.4, -0.2) is 25.1 Å². The minimum atomic E-state index is -0.754. The second-order valence-electron chi connectivity index (χ2n) is 5.22. The van der Waals surface area contributed by atoms with Crippen LogP contribution in [-0.2, 0) is 4.74 Å². The van der Waals surface area contributed by atoms with Crippen molar-refractivity contribution in [3.05, 3.63) is 23.0 Å². The molecule has 0 saturated carbocycles. The van der Waals surface area contributed by atoms with Crippen LogP contribution in [0.25, 0.3) is 0 Å². The lowest BCUT2D eigenvalue weighted by Gasteiger charge is -2.21. The van der Waals surface area contributed by atoms with Crippen molar-refractivity contribution in [1.29, 1.82) is 0 Å². The molecule has 110 valence electrons. The maximum Gasteiger partial charge on any atom is 0.412 e. The average molecular weight is 283 g/mol. The first-order chi connectivity index (χ1) is 9.19. The Morgan fingerprint density at radius 1 is 1.40 bits per heavy atom. The number of benzene rings is 1. The van der Waals surface area contributed by atoms with Gasteiger partial charge in [-0.05, 0) is 33.3 Å². The van der Waals surface area contributed by atoms with Gasteiger partial charge in [0.1, 0.15) is 11.4 Å². The highest BCUT2D eigenvalue weighted by Gasteiger charge is 2.21. The highest BCUT2D eigenvalue weighted by atomic mass is 19.1. The normalized spacial score (nSPS) is 10.9. The Bertz CT molecular complexity index is 535. The van der Waals surface area contributed by atoms with Crippen LogP contribution in [0.5, 0.6) is 5.75 Å². The van der Waals surface area contributed by atoms with E-state index in [-0.39, 0.29) is 22.6 Å². The number of carbonyl (C=O) groups is 2. The quantitative estimate of drug-likeness (QED) is 0.864. The summed E-state index contributed by atoms with van der Waals surface area (Å²) in [6, 6.07) is 1.09. The van der Waals surface area contributed by atoms with E-state index >= 15 is 0 Å². The van der Waals surface area contributed by atoms with Crippen LogP contribution in [0.4, 0.5) is 14.9 Å². The Labute approximate surface area is 117 Å². The van der Waals surface area contributed by atoms with Gasteiger partial charge in [-0.1, -0.05) is 0 Å². The summed E-state index contributed by atoms with van der Waals surface area (Å²) in [7, 11) is 1.33. The number of rotatable bonds is 3. The van der Waals surface area contributed by atoms with Crippen molar-refractivity contribution in [2.45, 2.75) is 33.3 Å². The molecule has 0 radical (unpaired) electrons. The highest BCUT2D eigenvalue weighted by molar-refractivity contribution is 5.92. The molecule has 0 atom stereocenters. The molecule has 5 nitrogen and oxygen atoms in total. The summed E-state index contributed by atoms with van der Waals surface area (Å²) >= 11 is 0. The SMILES string of the molecule is COc1c(NC(=O)OC(C)(C)C)cc(F)c(C)c1C=O. The zero-order valence-corrected chi connectivity index (χ0v) is 12.2. The van der Waals surface area contributed by atoms with Gasteiger partial charge in [-0.25, -0.2) is 9.18 Å². The van der Waals surface area contributed by atoms with Gasteiger partial charge in [0.2, 0.25) is 0 Å². The van der Waals surface area contributed by atoms with Crippen LogP contribution in [0.2, 0.25) is 0 Å². The molecule has 0 fully saturated rings. The van der Waals surface area contributed by atoms with Crippen LogP contribution in [0.15, 0.2) is 6.07 Å². The average Bonchev–Trinajstić information content (AvgIpc) is 2.30. The first kappa shape index (κ1) is 15.9. The van der Waals surface area contributed by atoms with E-state index in [1.54, 1.807) is 20.8 Å². The summed E-state index contributed by atoms with van der Waals surface area (Å²) in [6.45, 7) is 6.57. The van der Waals surface area contributed by atoms with E-state index in [0.717, 1.165) is 6.07 Å². The molecule has 0 aliphatic heterocycles. The third-order valence-corrected chi connectivity index (χ3v) is 2.48. The molecule has 1 N–H and O–H groups in total. The molecular weight excluding hydrogens is 265 g/mol. The molecule has 20 heavy (non-hydrogen) atoms. The first-order valence-corrected chi connectivity index (χ1v) is 6.02. The molecule has 0 unspecified atom stereocenters. The summed E-state index contributed by atoms with van der Waals surface area (Å²) in [5.74, 6) is -0.510. The number of aldehydes is 1. The second-order valence-corrected chi connectivity index (χ2v) is 5.22. The number of carbonyl (C=O) groups excluding carboxylic acids is 2. The van der Waals surface area contributed by atoms with E-state index in [1.165, 1.54) is 14.0 Å². The number of anilines is 1. The summed E-state index contributed by atoms with van der Waals surface area (Å²) in [6.07, 6.45) is -0.270. The Morgan fingerprint density at radius 3 is 2.45 bits per heavy atom. The number of hydrogen-bond donors (Lipinski definition) is 1. The number of nitrogens with one attached hydrogen (secondary N) is 1. The van der Waals surface area contributed by atoms with E-state index in [9.17, 15) is 14.0 Å². The van der Waals surface area contributed by atoms with Crippen LogP contribution in [0.3, 0.4) is 0 Å². The molecule has 0 spiro atoms. The molecular formula is C14H18FNO4. The molecule has 0 heterocycles. The van der Waals surface area contributed by atoms with Crippen molar-refractivity contribution in [3.63, 3.8) is 0 Å². The number of amides is 1. The van der Waals surface area contributed by atoms with Gasteiger partial charge in [0.05, 0.1) is 18.4 Å². The minimum Gasteiger partial charge on any atom is -0.494 e. The lowest BCUT2D eigenvalue weighted by Crippen LogP contribution is -2.27. The van der Waals surface area contributed by atoms with E-state index in [1.807, 2.05) is 0 Å².